The summed E-state index contributed by atoms with van der Waals surface area (Å²) in [4.78, 5) is 27.9. The van der Waals surface area contributed by atoms with E-state index in [4.69, 9.17) is 0 Å². The second-order valence-corrected chi connectivity index (χ2v) is 7.54. The standard InChI is InChI=1S/C19H20F3N3O2S/c1-11-5-4-6-12(2)17(11)25-15(26)10-24-18(27)13(3)28-16-8-7-14(9-23-16)19(20,21)22/h4-9,13H,10H2,1-3H3,(H,24,27)(H,25,26)/t13-/m1/s1. The number of aryl methyl sites for hydroxylation is 2. The van der Waals surface area contributed by atoms with Crippen LogP contribution in [0.5, 0.6) is 0 Å². The van der Waals surface area contributed by atoms with Crippen LogP contribution in [-0.2, 0) is 15.8 Å². The van der Waals surface area contributed by atoms with Crippen LogP contribution in [0.25, 0.3) is 0 Å². The van der Waals surface area contributed by atoms with Gasteiger partial charge >= 0.3 is 6.18 Å². The Kier molecular flexibility index (Phi) is 7.06. The zero-order valence-electron chi connectivity index (χ0n) is 15.6. The Labute approximate surface area is 165 Å². The molecule has 1 heterocycles. The molecule has 150 valence electrons. The third kappa shape index (κ3) is 5.98. The Bertz CT molecular complexity index is 834. The summed E-state index contributed by atoms with van der Waals surface area (Å²) < 4.78 is 37.6. The summed E-state index contributed by atoms with van der Waals surface area (Å²) in [7, 11) is 0. The molecule has 9 heteroatoms. The van der Waals surface area contributed by atoms with Gasteiger partial charge in [0.15, 0.2) is 0 Å². The average molecular weight is 411 g/mol. The molecule has 0 saturated carbocycles. The van der Waals surface area contributed by atoms with Crippen molar-refractivity contribution >= 4 is 29.3 Å². The van der Waals surface area contributed by atoms with Crippen LogP contribution in [0.1, 0.15) is 23.6 Å². The van der Waals surface area contributed by atoms with E-state index in [0.29, 0.717) is 5.69 Å². The highest BCUT2D eigenvalue weighted by Gasteiger charge is 2.30. The fourth-order valence-electron chi connectivity index (χ4n) is 2.36. The number of hydrogen-bond donors (Lipinski definition) is 2. The van der Waals surface area contributed by atoms with E-state index in [1.807, 2.05) is 32.0 Å². The smallest absolute Gasteiger partial charge is 0.346 e. The second-order valence-electron chi connectivity index (χ2n) is 6.18. The molecule has 1 aromatic carbocycles. The van der Waals surface area contributed by atoms with E-state index in [-0.39, 0.29) is 17.5 Å². The molecule has 2 N–H and O–H groups in total. The van der Waals surface area contributed by atoms with Gasteiger partial charge in [0.25, 0.3) is 0 Å². The summed E-state index contributed by atoms with van der Waals surface area (Å²) in [5, 5.41) is 4.94. The molecular weight excluding hydrogens is 391 g/mol. The summed E-state index contributed by atoms with van der Waals surface area (Å²) in [6.45, 7) is 5.12. The van der Waals surface area contributed by atoms with Gasteiger partial charge in [-0.25, -0.2) is 4.98 Å². The van der Waals surface area contributed by atoms with Crippen molar-refractivity contribution in [2.45, 2.75) is 37.2 Å². The molecule has 1 atom stereocenters. The predicted molar refractivity (Wildman–Crippen MR) is 102 cm³/mol. The molecule has 2 aromatic rings. The number of anilines is 1. The molecule has 0 aliphatic rings. The van der Waals surface area contributed by atoms with E-state index in [0.717, 1.165) is 35.2 Å². The van der Waals surface area contributed by atoms with Gasteiger partial charge in [0.1, 0.15) is 0 Å². The minimum absolute atomic E-state index is 0.210. The number of para-hydroxylation sites is 1. The van der Waals surface area contributed by atoms with Crippen LogP contribution >= 0.6 is 11.8 Å². The molecule has 0 spiro atoms. The summed E-state index contributed by atoms with van der Waals surface area (Å²) >= 11 is 1.01. The molecule has 28 heavy (non-hydrogen) atoms. The van der Waals surface area contributed by atoms with Crippen LogP contribution in [0.3, 0.4) is 0 Å². The molecule has 0 bridgehead atoms. The van der Waals surface area contributed by atoms with E-state index in [9.17, 15) is 22.8 Å². The first-order valence-electron chi connectivity index (χ1n) is 8.41. The topological polar surface area (TPSA) is 71.1 Å². The highest BCUT2D eigenvalue weighted by molar-refractivity contribution is 8.00. The molecular formula is C19H20F3N3O2S. The Morgan fingerprint density at radius 1 is 1.14 bits per heavy atom. The number of alkyl halides is 3. The number of hydrogen-bond acceptors (Lipinski definition) is 4. The number of pyridine rings is 1. The van der Waals surface area contributed by atoms with E-state index < -0.39 is 22.9 Å². The van der Waals surface area contributed by atoms with Crippen LogP contribution in [0.2, 0.25) is 0 Å². The highest BCUT2D eigenvalue weighted by Crippen LogP contribution is 2.30. The maximum Gasteiger partial charge on any atom is 0.417 e. The number of carbonyl (C=O) groups is 2. The highest BCUT2D eigenvalue weighted by atomic mass is 32.2. The van der Waals surface area contributed by atoms with Gasteiger partial charge in [-0.2, -0.15) is 13.2 Å². The molecule has 2 rings (SSSR count). The fourth-order valence-corrected chi connectivity index (χ4v) is 3.17. The van der Waals surface area contributed by atoms with E-state index in [1.165, 1.54) is 6.07 Å². The molecule has 0 saturated heterocycles. The van der Waals surface area contributed by atoms with Gasteiger partial charge in [0.05, 0.1) is 22.4 Å². The molecule has 0 aliphatic carbocycles. The lowest BCUT2D eigenvalue weighted by atomic mass is 10.1. The van der Waals surface area contributed by atoms with Crippen LogP contribution in [0.15, 0.2) is 41.6 Å². The Morgan fingerprint density at radius 2 is 1.79 bits per heavy atom. The van der Waals surface area contributed by atoms with E-state index in [1.54, 1.807) is 6.92 Å². The first-order chi connectivity index (χ1) is 13.1. The number of nitrogens with one attached hydrogen (secondary N) is 2. The van der Waals surface area contributed by atoms with Crippen molar-refractivity contribution in [3.8, 4) is 0 Å². The lowest BCUT2D eigenvalue weighted by Gasteiger charge is -2.14. The van der Waals surface area contributed by atoms with Crippen LogP contribution in [0, 0.1) is 13.8 Å². The Morgan fingerprint density at radius 3 is 2.32 bits per heavy atom. The second kappa shape index (κ2) is 9.09. The van der Waals surface area contributed by atoms with Gasteiger partial charge in [-0.15, -0.1) is 0 Å². The Hall–Kier alpha value is -2.55. The SMILES string of the molecule is Cc1cccc(C)c1NC(=O)CNC(=O)[C@@H](C)Sc1ccc(C(F)(F)F)cn1. The third-order valence-corrected chi connectivity index (χ3v) is 4.95. The summed E-state index contributed by atoms with van der Waals surface area (Å²) in [6, 6.07) is 7.76. The largest absolute Gasteiger partial charge is 0.417 e. The van der Waals surface area contributed by atoms with Crippen molar-refractivity contribution in [2.75, 3.05) is 11.9 Å². The van der Waals surface area contributed by atoms with Gasteiger partial charge in [-0.1, -0.05) is 30.0 Å². The van der Waals surface area contributed by atoms with Crippen LogP contribution in [0.4, 0.5) is 18.9 Å². The number of thioether (sulfide) groups is 1. The maximum absolute atomic E-state index is 12.5. The van der Waals surface area contributed by atoms with E-state index >= 15 is 0 Å². The minimum atomic E-state index is -4.46. The van der Waals surface area contributed by atoms with Gasteiger partial charge in [0.2, 0.25) is 11.8 Å². The molecule has 0 fully saturated rings. The molecule has 2 amide bonds. The molecule has 0 aliphatic heterocycles. The van der Waals surface area contributed by atoms with Crippen molar-refractivity contribution < 1.29 is 22.8 Å². The molecule has 0 unspecified atom stereocenters. The number of aromatic nitrogens is 1. The minimum Gasteiger partial charge on any atom is -0.346 e. The van der Waals surface area contributed by atoms with Crippen molar-refractivity contribution in [3.63, 3.8) is 0 Å². The zero-order chi connectivity index (χ0) is 20.9. The lowest BCUT2D eigenvalue weighted by molar-refractivity contribution is -0.137. The van der Waals surface area contributed by atoms with Crippen molar-refractivity contribution in [1.82, 2.24) is 10.3 Å². The van der Waals surface area contributed by atoms with Gasteiger partial charge < -0.3 is 10.6 Å². The quantitative estimate of drug-likeness (QED) is 0.706. The van der Waals surface area contributed by atoms with Gasteiger partial charge in [0, 0.05) is 11.9 Å². The fraction of sp³-hybridized carbons (Fsp3) is 0.316. The summed E-state index contributed by atoms with van der Waals surface area (Å²) in [5.74, 6) is -0.779. The van der Waals surface area contributed by atoms with Gasteiger partial charge in [-0.3, -0.25) is 9.59 Å². The van der Waals surface area contributed by atoms with Crippen molar-refractivity contribution in [1.29, 1.82) is 0 Å². The van der Waals surface area contributed by atoms with Crippen molar-refractivity contribution in [2.24, 2.45) is 0 Å². The van der Waals surface area contributed by atoms with E-state index in [2.05, 4.69) is 15.6 Å². The van der Waals surface area contributed by atoms with Crippen molar-refractivity contribution in [3.05, 3.63) is 53.2 Å². The number of amides is 2. The number of rotatable bonds is 6. The summed E-state index contributed by atoms with van der Waals surface area (Å²) in [6.07, 6.45) is -3.73. The van der Waals surface area contributed by atoms with Gasteiger partial charge in [-0.05, 0) is 44.0 Å². The average Bonchev–Trinajstić information content (AvgIpc) is 2.62. The monoisotopic (exact) mass is 411 g/mol. The number of nitrogens with zero attached hydrogens (tertiary/aromatic N) is 1. The molecule has 1 aromatic heterocycles. The number of halogens is 3. The first kappa shape index (κ1) is 21.7. The summed E-state index contributed by atoms with van der Waals surface area (Å²) in [5.41, 5.74) is 1.68. The van der Waals surface area contributed by atoms with Crippen LogP contribution < -0.4 is 10.6 Å². The zero-order valence-corrected chi connectivity index (χ0v) is 16.4. The van der Waals surface area contributed by atoms with Crippen LogP contribution in [-0.4, -0.2) is 28.6 Å². The lowest BCUT2D eigenvalue weighted by Crippen LogP contribution is -2.37. The maximum atomic E-state index is 12.5. The molecule has 0 radical (unpaired) electrons. The predicted octanol–water partition coefficient (Wildman–Crippen LogP) is 3.95. The Balaban J connectivity index is 1.86. The molecule has 5 nitrogen and oxygen atoms in total. The third-order valence-electron chi connectivity index (χ3n) is 3.90. The number of benzene rings is 1. The number of carbonyl (C=O) groups excluding carboxylic acids is 2. The first-order valence-corrected chi connectivity index (χ1v) is 9.29. The normalized spacial score (nSPS) is 12.4.